The molecule has 6 nitrogen and oxygen atoms in total. The third-order valence-electron chi connectivity index (χ3n) is 2.56. The quantitative estimate of drug-likeness (QED) is 0.612. The van der Waals surface area contributed by atoms with Gasteiger partial charge in [0.15, 0.2) is 0 Å². The zero-order chi connectivity index (χ0) is 12.9. The lowest BCUT2D eigenvalue weighted by molar-refractivity contribution is 0.00323. The van der Waals surface area contributed by atoms with E-state index < -0.39 is 10.0 Å². The van der Waals surface area contributed by atoms with E-state index in [4.69, 9.17) is 15.6 Å². The number of rotatable bonds is 6. The monoisotopic (exact) mass is 282 g/mol. The van der Waals surface area contributed by atoms with Crippen molar-refractivity contribution in [1.29, 1.82) is 0 Å². The Morgan fingerprint density at radius 2 is 2.06 bits per heavy atom. The standard InChI is InChI=1S/C9H18N2O4S2/c10-9(16)7-17(13,14)11-3-1-8(2-4-11)15-6-5-12/h8,12H,1-7H2,(H2,10,16). The number of nitrogens with two attached hydrogens (primary N) is 1. The number of sulfonamides is 1. The zero-order valence-corrected chi connectivity index (χ0v) is 11.2. The number of aliphatic hydroxyl groups excluding tert-OH is 1. The van der Waals surface area contributed by atoms with Crippen molar-refractivity contribution in [3.8, 4) is 0 Å². The highest BCUT2D eigenvalue weighted by Gasteiger charge is 2.28. The number of nitrogens with zero attached hydrogens (tertiary/aromatic N) is 1. The van der Waals surface area contributed by atoms with Crippen LogP contribution < -0.4 is 5.73 Å². The SMILES string of the molecule is NC(=S)CS(=O)(=O)N1CCC(OCCO)CC1. The number of hydrogen-bond acceptors (Lipinski definition) is 5. The molecule has 0 unspecified atom stereocenters. The Labute approximate surface area is 107 Å². The first-order chi connectivity index (χ1) is 7.95. The van der Waals surface area contributed by atoms with Crippen molar-refractivity contribution >= 4 is 27.2 Å². The molecule has 0 aromatic heterocycles. The fourth-order valence-electron chi connectivity index (χ4n) is 1.77. The lowest BCUT2D eigenvalue weighted by Crippen LogP contribution is -2.43. The molecule has 0 atom stereocenters. The minimum absolute atomic E-state index is 0.0105. The Kier molecular flexibility index (Phi) is 5.74. The summed E-state index contributed by atoms with van der Waals surface area (Å²) in [5.41, 5.74) is 5.25. The number of ether oxygens (including phenoxy) is 1. The Morgan fingerprint density at radius 3 is 2.53 bits per heavy atom. The summed E-state index contributed by atoms with van der Waals surface area (Å²) < 4.78 is 30.3. The van der Waals surface area contributed by atoms with Gasteiger partial charge in [0.25, 0.3) is 0 Å². The van der Waals surface area contributed by atoms with Crippen molar-refractivity contribution in [2.24, 2.45) is 5.73 Å². The van der Waals surface area contributed by atoms with Crippen molar-refractivity contribution in [2.75, 3.05) is 32.1 Å². The second-order valence-electron chi connectivity index (χ2n) is 3.92. The minimum Gasteiger partial charge on any atom is -0.394 e. The van der Waals surface area contributed by atoms with Gasteiger partial charge < -0.3 is 15.6 Å². The van der Waals surface area contributed by atoms with Gasteiger partial charge in [0, 0.05) is 13.1 Å². The van der Waals surface area contributed by atoms with E-state index in [9.17, 15) is 8.42 Å². The van der Waals surface area contributed by atoms with E-state index in [1.54, 1.807) is 0 Å². The van der Waals surface area contributed by atoms with E-state index in [-0.39, 0.29) is 23.5 Å². The van der Waals surface area contributed by atoms with Gasteiger partial charge in [-0.25, -0.2) is 12.7 Å². The normalized spacial score (nSPS) is 19.4. The Hall–Kier alpha value is -0.280. The van der Waals surface area contributed by atoms with Gasteiger partial charge in [-0.1, -0.05) is 12.2 Å². The van der Waals surface area contributed by atoms with Crippen molar-refractivity contribution in [3.63, 3.8) is 0 Å². The van der Waals surface area contributed by atoms with Gasteiger partial charge in [0.05, 0.1) is 24.3 Å². The van der Waals surface area contributed by atoms with Gasteiger partial charge in [-0.05, 0) is 12.8 Å². The summed E-state index contributed by atoms with van der Waals surface area (Å²) in [5.74, 6) is -0.273. The summed E-state index contributed by atoms with van der Waals surface area (Å²) in [6.07, 6.45) is 1.30. The molecule has 17 heavy (non-hydrogen) atoms. The van der Waals surface area contributed by atoms with Gasteiger partial charge >= 0.3 is 0 Å². The molecule has 1 rings (SSSR count). The van der Waals surface area contributed by atoms with Crippen LogP contribution in [0.4, 0.5) is 0 Å². The molecular formula is C9H18N2O4S2. The number of aliphatic hydroxyl groups is 1. The fraction of sp³-hybridized carbons (Fsp3) is 0.889. The summed E-state index contributed by atoms with van der Waals surface area (Å²) in [5, 5.41) is 8.62. The molecule has 1 heterocycles. The van der Waals surface area contributed by atoms with E-state index in [1.807, 2.05) is 0 Å². The molecule has 0 amide bonds. The van der Waals surface area contributed by atoms with Crippen LogP contribution in [0, 0.1) is 0 Å². The average molecular weight is 282 g/mol. The van der Waals surface area contributed by atoms with Crippen molar-refractivity contribution in [2.45, 2.75) is 18.9 Å². The molecule has 0 bridgehead atoms. The second kappa shape index (κ2) is 6.60. The highest BCUT2D eigenvalue weighted by molar-refractivity contribution is 7.92. The van der Waals surface area contributed by atoms with Crippen LogP contribution in [-0.2, 0) is 14.8 Å². The van der Waals surface area contributed by atoms with E-state index >= 15 is 0 Å². The molecule has 0 radical (unpaired) electrons. The zero-order valence-electron chi connectivity index (χ0n) is 9.54. The predicted molar refractivity (Wildman–Crippen MR) is 68.2 cm³/mol. The maximum atomic E-state index is 11.8. The van der Waals surface area contributed by atoms with Crippen molar-refractivity contribution in [3.05, 3.63) is 0 Å². The minimum atomic E-state index is -3.36. The van der Waals surface area contributed by atoms with Crippen LogP contribution in [0.1, 0.15) is 12.8 Å². The predicted octanol–water partition coefficient (Wildman–Crippen LogP) is -0.924. The molecule has 3 N–H and O–H groups in total. The molecule has 1 aliphatic rings. The van der Waals surface area contributed by atoms with Crippen molar-refractivity contribution in [1.82, 2.24) is 4.31 Å². The summed E-state index contributed by atoms with van der Waals surface area (Å²) in [4.78, 5) is -0.0105. The van der Waals surface area contributed by atoms with Crippen LogP contribution >= 0.6 is 12.2 Å². The van der Waals surface area contributed by atoms with Crippen LogP contribution in [0.5, 0.6) is 0 Å². The third-order valence-corrected chi connectivity index (χ3v) is 4.72. The van der Waals surface area contributed by atoms with Crippen LogP contribution in [0.3, 0.4) is 0 Å². The topological polar surface area (TPSA) is 92.9 Å². The lowest BCUT2D eigenvalue weighted by atomic mass is 10.1. The summed E-state index contributed by atoms with van der Waals surface area (Å²) in [7, 11) is -3.36. The molecular weight excluding hydrogens is 264 g/mol. The molecule has 0 saturated carbocycles. The molecule has 1 aliphatic heterocycles. The van der Waals surface area contributed by atoms with Crippen LogP contribution in [0.25, 0.3) is 0 Å². The Bertz CT molecular complexity index is 350. The number of piperidine rings is 1. The van der Waals surface area contributed by atoms with Crippen LogP contribution in [-0.4, -0.2) is 61.0 Å². The highest BCUT2D eigenvalue weighted by atomic mass is 32.2. The van der Waals surface area contributed by atoms with E-state index in [1.165, 1.54) is 4.31 Å². The molecule has 0 aromatic rings. The van der Waals surface area contributed by atoms with Gasteiger partial charge in [-0.2, -0.15) is 0 Å². The van der Waals surface area contributed by atoms with Gasteiger partial charge in [0.2, 0.25) is 10.0 Å². The van der Waals surface area contributed by atoms with E-state index in [0.717, 1.165) is 0 Å². The van der Waals surface area contributed by atoms with E-state index in [2.05, 4.69) is 12.2 Å². The average Bonchev–Trinajstić information content (AvgIpc) is 2.25. The Balaban J connectivity index is 2.43. The van der Waals surface area contributed by atoms with Crippen molar-refractivity contribution < 1.29 is 18.3 Å². The first-order valence-electron chi connectivity index (χ1n) is 5.44. The first-order valence-corrected chi connectivity index (χ1v) is 7.46. The summed E-state index contributed by atoms with van der Waals surface area (Å²) in [6, 6.07) is 0. The number of thiocarbonyl (C=S) groups is 1. The summed E-state index contributed by atoms with van der Waals surface area (Å²) >= 11 is 4.61. The third kappa shape index (κ3) is 4.84. The molecule has 1 saturated heterocycles. The molecule has 8 heteroatoms. The van der Waals surface area contributed by atoms with Gasteiger partial charge in [-0.3, -0.25) is 0 Å². The Morgan fingerprint density at radius 1 is 1.47 bits per heavy atom. The van der Waals surface area contributed by atoms with Gasteiger partial charge in [0.1, 0.15) is 5.75 Å². The largest absolute Gasteiger partial charge is 0.394 e. The fourth-order valence-corrected chi connectivity index (χ4v) is 3.52. The smallest absolute Gasteiger partial charge is 0.220 e. The molecule has 0 aromatic carbocycles. The second-order valence-corrected chi connectivity index (χ2v) is 6.41. The van der Waals surface area contributed by atoms with E-state index in [0.29, 0.717) is 32.5 Å². The van der Waals surface area contributed by atoms with Crippen LogP contribution in [0.15, 0.2) is 0 Å². The highest BCUT2D eigenvalue weighted by Crippen LogP contribution is 2.16. The lowest BCUT2D eigenvalue weighted by Gasteiger charge is -2.30. The number of hydrogen-bond donors (Lipinski definition) is 2. The summed E-state index contributed by atoms with van der Waals surface area (Å²) in [6.45, 7) is 1.12. The maximum absolute atomic E-state index is 11.8. The molecule has 1 fully saturated rings. The first kappa shape index (κ1) is 14.8. The van der Waals surface area contributed by atoms with Gasteiger partial charge in [-0.15, -0.1) is 0 Å². The maximum Gasteiger partial charge on any atom is 0.220 e. The van der Waals surface area contributed by atoms with Crippen LogP contribution in [0.2, 0.25) is 0 Å². The molecule has 0 aliphatic carbocycles. The molecule has 0 spiro atoms. The molecule has 100 valence electrons.